The van der Waals surface area contributed by atoms with Crippen molar-refractivity contribution in [2.45, 2.75) is 71.7 Å². The molecule has 3 atom stereocenters. The molecular formula is C26H37N7O3S. The fraction of sp³-hybridized carbons (Fsp3) is 0.577. The molecule has 1 aliphatic heterocycles. The lowest BCUT2D eigenvalue weighted by molar-refractivity contribution is -0.142. The van der Waals surface area contributed by atoms with Crippen molar-refractivity contribution in [2.75, 3.05) is 19.6 Å². The first-order valence-corrected chi connectivity index (χ1v) is 13.5. The van der Waals surface area contributed by atoms with Gasteiger partial charge in [0.2, 0.25) is 11.8 Å². The maximum Gasteiger partial charge on any atom is 0.243 e. The Labute approximate surface area is 222 Å². The summed E-state index contributed by atoms with van der Waals surface area (Å²) in [5.74, 6) is -0.460. The third kappa shape index (κ3) is 7.75. The number of aromatic nitrogens is 1. The van der Waals surface area contributed by atoms with Gasteiger partial charge < -0.3 is 20.6 Å². The monoisotopic (exact) mass is 527 g/mol. The number of likely N-dealkylation sites (tertiary alicyclic amines) is 1. The molecule has 11 heteroatoms. The summed E-state index contributed by atoms with van der Waals surface area (Å²) < 4.78 is 0. The number of rotatable bonds is 11. The van der Waals surface area contributed by atoms with Gasteiger partial charge in [0.1, 0.15) is 6.04 Å². The van der Waals surface area contributed by atoms with E-state index in [1.54, 1.807) is 11.3 Å². The number of aliphatic hydroxyl groups excluding tert-OH is 1. The molecule has 1 aromatic carbocycles. The summed E-state index contributed by atoms with van der Waals surface area (Å²) in [5, 5.41) is 20.1. The summed E-state index contributed by atoms with van der Waals surface area (Å²) in [5.41, 5.74) is 12.9. The smallest absolute Gasteiger partial charge is 0.243 e. The van der Waals surface area contributed by atoms with Crippen molar-refractivity contribution in [2.24, 2.45) is 10.5 Å². The molecule has 3 N–H and O–H groups in total. The lowest BCUT2D eigenvalue weighted by Gasteiger charge is -2.35. The van der Waals surface area contributed by atoms with E-state index in [4.69, 9.17) is 5.53 Å². The van der Waals surface area contributed by atoms with Crippen LogP contribution in [-0.2, 0) is 16.1 Å². The van der Waals surface area contributed by atoms with Gasteiger partial charge in [-0.2, -0.15) is 0 Å². The molecule has 200 valence electrons. The van der Waals surface area contributed by atoms with Crippen molar-refractivity contribution in [1.29, 1.82) is 0 Å². The van der Waals surface area contributed by atoms with E-state index >= 15 is 0 Å². The Morgan fingerprint density at radius 3 is 2.65 bits per heavy atom. The normalized spacial score (nSPS) is 18.4. The summed E-state index contributed by atoms with van der Waals surface area (Å²) in [6.07, 6.45) is 0.947. The second-order valence-electron chi connectivity index (χ2n) is 10.5. The molecule has 2 heterocycles. The molecule has 2 unspecified atom stereocenters. The van der Waals surface area contributed by atoms with Gasteiger partial charge in [0.25, 0.3) is 0 Å². The Hall–Kier alpha value is -2.98. The fourth-order valence-corrected chi connectivity index (χ4v) is 5.31. The number of nitrogens with one attached hydrogen (secondary N) is 2. The van der Waals surface area contributed by atoms with Crippen LogP contribution < -0.4 is 10.6 Å². The zero-order valence-corrected chi connectivity index (χ0v) is 22.8. The number of nitrogens with zero attached hydrogens (tertiary/aromatic N) is 5. The molecule has 0 spiro atoms. The van der Waals surface area contributed by atoms with E-state index < -0.39 is 23.6 Å². The van der Waals surface area contributed by atoms with Gasteiger partial charge in [0, 0.05) is 31.0 Å². The molecule has 2 amide bonds. The number of carbonyl (C=O) groups is 2. The van der Waals surface area contributed by atoms with Crippen LogP contribution >= 0.6 is 11.3 Å². The first-order valence-electron chi connectivity index (χ1n) is 12.6. The Morgan fingerprint density at radius 1 is 1.30 bits per heavy atom. The van der Waals surface area contributed by atoms with Gasteiger partial charge in [0.05, 0.1) is 28.2 Å². The highest BCUT2D eigenvalue weighted by atomic mass is 32.1. The summed E-state index contributed by atoms with van der Waals surface area (Å²) in [6.45, 7) is 9.37. The van der Waals surface area contributed by atoms with Crippen molar-refractivity contribution < 1.29 is 14.7 Å². The quantitative estimate of drug-likeness (QED) is 0.176. The van der Waals surface area contributed by atoms with Crippen LogP contribution in [0.1, 0.15) is 51.3 Å². The van der Waals surface area contributed by atoms with E-state index in [9.17, 15) is 14.7 Å². The van der Waals surface area contributed by atoms with E-state index in [1.807, 2.05) is 57.5 Å². The molecule has 2 aromatic rings. The lowest BCUT2D eigenvalue weighted by atomic mass is 9.85. The van der Waals surface area contributed by atoms with Gasteiger partial charge >= 0.3 is 0 Å². The van der Waals surface area contributed by atoms with Gasteiger partial charge in [-0.05, 0) is 48.4 Å². The Kier molecular flexibility index (Phi) is 10.0. The van der Waals surface area contributed by atoms with Crippen LogP contribution in [0.5, 0.6) is 0 Å². The van der Waals surface area contributed by atoms with Crippen molar-refractivity contribution >= 4 is 23.2 Å². The molecule has 1 saturated heterocycles. The van der Waals surface area contributed by atoms with Gasteiger partial charge in [-0.1, -0.05) is 50.2 Å². The second kappa shape index (κ2) is 13.0. The molecule has 0 radical (unpaired) electrons. The van der Waals surface area contributed by atoms with Crippen LogP contribution in [0.4, 0.5) is 0 Å². The largest absolute Gasteiger partial charge is 0.391 e. The zero-order valence-electron chi connectivity index (χ0n) is 22.0. The molecule has 0 aliphatic carbocycles. The van der Waals surface area contributed by atoms with Crippen molar-refractivity contribution in [1.82, 2.24) is 20.5 Å². The zero-order chi connectivity index (χ0) is 27.0. The lowest BCUT2D eigenvalue weighted by Crippen LogP contribution is -2.56. The number of thiazole rings is 1. The highest BCUT2D eigenvalue weighted by Crippen LogP contribution is 2.28. The minimum atomic E-state index is -0.744. The Bertz CT molecular complexity index is 1110. The predicted octanol–water partition coefficient (Wildman–Crippen LogP) is 3.79. The average molecular weight is 528 g/mol. The van der Waals surface area contributed by atoms with Crippen LogP contribution in [0.25, 0.3) is 20.9 Å². The molecule has 0 bridgehead atoms. The molecule has 1 fully saturated rings. The topological polar surface area (TPSA) is 143 Å². The van der Waals surface area contributed by atoms with Crippen LogP contribution in [0, 0.1) is 12.3 Å². The first kappa shape index (κ1) is 28.6. The van der Waals surface area contributed by atoms with Crippen LogP contribution in [-0.4, -0.2) is 64.6 Å². The minimum Gasteiger partial charge on any atom is -0.391 e. The predicted molar refractivity (Wildman–Crippen MR) is 145 cm³/mol. The first-order chi connectivity index (χ1) is 17.6. The van der Waals surface area contributed by atoms with E-state index in [1.165, 1.54) is 4.90 Å². The van der Waals surface area contributed by atoms with Gasteiger partial charge in [-0.25, -0.2) is 4.98 Å². The number of unbranched alkanes of at least 4 members (excludes halogenated alkanes) is 1. The number of amides is 2. The fourth-order valence-electron chi connectivity index (χ4n) is 4.49. The standard InChI is InChI=1S/C26H37N7O3S/c1-17-22(37-16-30-17)19-9-7-18(8-10-19)14-29-24(35)21-13-20(34)15-33(21)25(36)23(26(2,3)4)28-11-5-6-12-31-32-27/h7-10,16,20-21,23,28,34H,5-6,11-15H2,1-4H3,(H,29,35)/t20?,21?,23-/m1/s1. The maximum atomic E-state index is 13.6. The third-order valence-corrected chi connectivity index (χ3v) is 7.48. The molecular weight excluding hydrogens is 490 g/mol. The summed E-state index contributed by atoms with van der Waals surface area (Å²) in [4.78, 5) is 36.4. The Morgan fingerprint density at radius 2 is 2.03 bits per heavy atom. The van der Waals surface area contributed by atoms with Crippen molar-refractivity contribution in [3.63, 3.8) is 0 Å². The van der Waals surface area contributed by atoms with Gasteiger partial charge in [0.15, 0.2) is 0 Å². The van der Waals surface area contributed by atoms with Crippen molar-refractivity contribution in [3.8, 4) is 10.4 Å². The minimum absolute atomic E-state index is 0.130. The number of aryl methyl sites for hydroxylation is 1. The van der Waals surface area contributed by atoms with E-state index in [0.29, 0.717) is 19.6 Å². The summed E-state index contributed by atoms with van der Waals surface area (Å²) in [6, 6.07) is 6.74. The van der Waals surface area contributed by atoms with Gasteiger partial charge in [-0.3, -0.25) is 9.59 Å². The van der Waals surface area contributed by atoms with Crippen LogP contribution in [0.3, 0.4) is 0 Å². The van der Waals surface area contributed by atoms with E-state index in [2.05, 4.69) is 25.6 Å². The number of benzene rings is 1. The molecule has 0 saturated carbocycles. The summed E-state index contributed by atoms with van der Waals surface area (Å²) in [7, 11) is 0. The highest BCUT2D eigenvalue weighted by molar-refractivity contribution is 7.13. The average Bonchev–Trinajstić information content (AvgIpc) is 3.46. The number of azide groups is 1. The third-order valence-electron chi connectivity index (χ3n) is 6.50. The molecule has 1 aromatic heterocycles. The second-order valence-corrected chi connectivity index (χ2v) is 11.3. The van der Waals surface area contributed by atoms with E-state index in [0.717, 1.165) is 34.5 Å². The summed E-state index contributed by atoms with van der Waals surface area (Å²) >= 11 is 1.60. The molecule has 37 heavy (non-hydrogen) atoms. The molecule has 10 nitrogen and oxygen atoms in total. The SMILES string of the molecule is Cc1ncsc1-c1ccc(CNC(=O)C2CC(O)CN2C(=O)[C@@H](NCCCCN=[N+]=[N-])C(C)(C)C)cc1. The molecule has 1 aliphatic rings. The Balaban J connectivity index is 1.61. The van der Waals surface area contributed by atoms with Crippen LogP contribution in [0.15, 0.2) is 34.9 Å². The maximum absolute atomic E-state index is 13.6. The highest BCUT2D eigenvalue weighted by Gasteiger charge is 2.43. The number of carbonyl (C=O) groups excluding carboxylic acids is 2. The van der Waals surface area contributed by atoms with E-state index in [-0.39, 0.29) is 24.8 Å². The molecule has 3 rings (SSSR count). The number of hydrogen-bond donors (Lipinski definition) is 3. The number of aliphatic hydroxyl groups is 1. The van der Waals surface area contributed by atoms with Crippen molar-refractivity contribution in [3.05, 3.63) is 51.5 Å². The number of β-amino-alcohol motifs (C(OH)–C–C–N with tert-alkyl or cyclic N) is 1. The van der Waals surface area contributed by atoms with Crippen LogP contribution in [0.2, 0.25) is 0 Å². The number of hydrogen-bond acceptors (Lipinski definition) is 7. The van der Waals surface area contributed by atoms with Gasteiger partial charge in [-0.15, -0.1) is 11.3 Å².